The first kappa shape index (κ1) is 11.3. The molecule has 15 heavy (non-hydrogen) atoms. The van der Waals surface area contributed by atoms with Gasteiger partial charge in [-0.15, -0.1) is 0 Å². The van der Waals surface area contributed by atoms with Crippen LogP contribution in [-0.4, -0.2) is 25.2 Å². The summed E-state index contributed by atoms with van der Waals surface area (Å²) in [6, 6.07) is 4.20. The maximum atomic E-state index is 10.6. The van der Waals surface area contributed by atoms with E-state index in [0.29, 0.717) is 12.3 Å². The largest absolute Gasteiger partial charge is 0.484 e. The van der Waals surface area contributed by atoms with E-state index in [2.05, 4.69) is 0 Å². The van der Waals surface area contributed by atoms with Gasteiger partial charge in [-0.1, -0.05) is 0 Å². The Bertz CT molecular complexity index is 354. The minimum atomic E-state index is -0.512. The molecule has 0 aromatic heterocycles. The van der Waals surface area contributed by atoms with Crippen molar-refractivity contribution >= 4 is 11.4 Å². The van der Waals surface area contributed by atoms with Crippen molar-refractivity contribution in [3.63, 3.8) is 0 Å². The molecular formula is C9H12N2O4. The van der Waals surface area contributed by atoms with E-state index in [1.807, 2.05) is 0 Å². The zero-order valence-electron chi connectivity index (χ0n) is 8.30. The average Bonchev–Trinajstić information content (AvgIpc) is 2.18. The highest BCUT2D eigenvalue weighted by Crippen LogP contribution is 2.28. The Balaban J connectivity index is 2.82. The first-order chi connectivity index (χ1) is 7.15. The summed E-state index contributed by atoms with van der Waals surface area (Å²) in [5, 5.41) is 10.6. The van der Waals surface area contributed by atoms with E-state index >= 15 is 0 Å². The number of hydrogen-bond donors (Lipinski definition) is 1. The molecule has 0 atom stereocenters. The van der Waals surface area contributed by atoms with Gasteiger partial charge < -0.3 is 15.2 Å². The summed E-state index contributed by atoms with van der Waals surface area (Å²) >= 11 is 0. The second-order valence-electron chi connectivity index (χ2n) is 2.83. The Labute approximate surface area is 86.7 Å². The summed E-state index contributed by atoms with van der Waals surface area (Å²) < 4.78 is 9.94. The van der Waals surface area contributed by atoms with Gasteiger partial charge in [-0.3, -0.25) is 10.1 Å². The number of benzene rings is 1. The van der Waals surface area contributed by atoms with Gasteiger partial charge in [-0.25, -0.2) is 0 Å². The molecule has 0 radical (unpaired) electrons. The van der Waals surface area contributed by atoms with Gasteiger partial charge in [-0.05, 0) is 6.07 Å². The molecule has 0 saturated carbocycles. The number of rotatable bonds is 5. The molecule has 0 aliphatic rings. The monoisotopic (exact) mass is 212 g/mol. The standard InChI is InChI=1S/C9H12N2O4/c1-14-4-5-15-9-6-7(10)2-3-8(9)11(12)13/h2-3,6H,4-5,10H2,1H3. The highest BCUT2D eigenvalue weighted by atomic mass is 16.6. The summed E-state index contributed by atoms with van der Waals surface area (Å²) in [7, 11) is 1.52. The quantitative estimate of drug-likeness (QED) is 0.343. The van der Waals surface area contributed by atoms with E-state index in [-0.39, 0.29) is 18.0 Å². The maximum absolute atomic E-state index is 10.6. The normalized spacial score (nSPS) is 9.93. The van der Waals surface area contributed by atoms with Gasteiger partial charge in [0.15, 0.2) is 5.75 Å². The third-order valence-electron chi connectivity index (χ3n) is 1.73. The molecule has 6 heteroatoms. The lowest BCUT2D eigenvalue weighted by Gasteiger charge is -2.06. The van der Waals surface area contributed by atoms with Crippen molar-refractivity contribution in [2.24, 2.45) is 0 Å². The van der Waals surface area contributed by atoms with Crippen LogP contribution in [0.25, 0.3) is 0 Å². The van der Waals surface area contributed by atoms with Crippen LogP contribution in [0.15, 0.2) is 18.2 Å². The second-order valence-corrected chi connectivity index (χ2v) is 2.83. The molecule has 0 spiro atoms. The molecule has 0 aliphatic carbocycles. The maximum Gasteiger partial charge on any atom is 0.311 e. The highest BCUT2D eigenvalue weighted by molar-refractivity contribution is 5.55. The summed E-state index contributed by atoms with van der Waals surface area (Å²) in [5.41, 5.74) is 5.83. The fraction of sp³-hybridized carbons (Fsp3) is 0.333. The number of hydrogen-bond acceptors (Lipinski definition) is 5. The molecule has 1 aromatic carbocycles. The van der Waals surface area contributed by atoms with Gasteiger partial charge >= 0.3 is 5.69 Å². The third-order valence-corrected chi connectivity index (χ3v) is 1.73. The smallest absolute Gasteiger partial charge is 0.311 e. The lowest BCUT2D eigenvalue weighted by molar-refractivity contribution is -0.385. The molecule has 1 aromatic rings. The Hall–Kier alpha value is -1.82. The number of methoxy groups -OCH3 is 1. The summed E-state index contributed by atoms with van der Waals surface area (Å²) in [5.74, 6) is 0.164. The number of nitrogen functional groups attached to an aromatic ring is 1. The fourth-order valence-corrected chi connectivity index (χ4v) is 1.03. The van der Waals surface area contributed by atoms with Crippen molar-refractivity contribution in [1.82, 2.24) is 0 Å². The molecule has 0 bridgehead atoms. The Morgan fingerprint density at radius 3 is 2.80 bits per heavy atom. The van der Waals surface area contributed by atoms with Crippen molar-refractivity contribution < 1.29 is 14.4 Å². The molecule has 0 fully saturated rings. The zero-order chi connectivity index (χ0) is 11.3. The van der Waals surface area contributed by atoms with E-state index in [1.54, 1.807) is 0 Å². The topological polar surface area (TPSA) is 87.6 Å². The van der Waals surface area contributed by atoms with Crippen molar-refractivity contribution in [2.45, 2.75) is 0 Å². The Kier molecular flexibility index (Phi) is 3.87. The van der Waals surface area contributed by atoms with Crippen molar-refractivity contribution in [2.75, 3.05) is 26.1 Å². The van der Waals surface area contributed by atoms with Gasteiger partial charge in [-0.2, -0.15) is 0 Å². The van der Waals surface area contributed by atoms with E-state index in [1.165, 1.54) is 25.3 Å². The molecule has 0 unspecified atom stereocenters. The van der Waals surface area contributed by atoms with Crippen LogP contribution >= 0.6 is 0 Å². The highest BCUT2D eigenvalue weighted by Gasteiger charge is 2.14. The predicted octanol–water partition coefficient (Wildman–Crippen LogP) is 1.20. The van der Waals surface area contributed by atoms with Crippen LogP contribution in [0.3, 0.4) is 0 Å². The van der Waals surface area contributed by atoms with Crippen LogP contribution in [0.2, 0.25) is 0 Å². The lowest BCUT2D eigenvalue weighted by atomic mass is 10.2. The average molecular weight is 212 g/mol. The fourth-order valence-electron chi connectivity index (χ4n) is 1.03. The molecule has 0 heterocycles. The summed E-state index contributed by atoms with van der Waals surface area (Å²) in [4.78, 5) is 10.1. The van der Waals surface area contributed by atoms with Crippen LogP contribution in [-0.2, 0) is 4.74 Å². The van der Waals surface area contributed by atoms with E-state index in [0.717, 1.165) is 0 Å². The lowest BCUT2D eigenvalue weighted by Crippen LogP contribution is -2.06. The van der Waals surface area contributed by atoms with Gasteiger partial charge in [0.05, 0.1) is 11.5 Å². The number of nitrogens with two attached hydrogens (primary N) is 1. The van der Waals surface area contributed by atoms with Crippen LogP contribution in [0.5, 0.6) is 5.75 Å². The summed E-state index contributed by atoms with van der Waals surface area (Å²) in [6.07, 6.45) is 0. The van der Waals surface area contributed by atoms with Gasteiger partial charge in [0.25, 0.3) is 0 Å². The van der Waals surface area contributed by atoms with E-state index in [4.69, 9.17) is 15.2 Å². The molecule has 6 nitrogen and oxygen atoms in total. The second kappa shape index (κ2) is 5.16. The third kappa shape index (κ3) is 3.10. The van der Waals surface area contributed by atoms with Crippen LogP contribution in [0, 0.1) is 10.1 Å². The van der Waals surface area contributed by atoms with Gasteiger partial charge in [0, 0.05) is 24.9 Å². The minimum absolute atomic E-state index is 0.0969. The van der Waals surface area contributed by atoms with Gasteiger partial charge in [0.2, 0.25) is 0 Å². The van der Waals surface area contributed by atoms with Crippen LogP contribution in [0.4, 0.5) is 11.4 Å². The van der Waals surface area contributed by atoms with Crippen LogP contribution in [0.1, 0.15) is 0 Å². The number of nitrogens with zero attached hydrogens (tertiary/aromatic N) is 1. The van der Waals surface area contributed by atoms with Crippen molar-refractivity contribution in [1.29, 1.82) is 0 Å². The number of nitro benzene ring substituents is 1. The molecule has 0 amide bonds. The molecule has 2 N–H and O–H groups in total. The Morgan fingerprint density at radius 1 is 1.47 bits per heavy atom. The first-order valence-corrected chi connectivity index (χ1v) is 4.31. The van der Waals surface area contributed by atoms with E-state index < -0.39 is 4.92 Å². The van der Waals surface area contributed by atoms with E-state index in [9.17, 15) is 10.1 Å². The Morgan fingerprint density at radius 2 is 2.20 bits per heavy atom. The minimum Gasteiger partial charge on any atom is -0.484 e. The molecule has 0 aliphatic heterocycles. The molecule has 82 valence electrons. The van der Waals surface area contributed by atoms with Gasteiger partial charge in [0.1, 0.15) is 6.61 Å². The predicted molar refractivity (Wildman–Crippen MR) is 54.9 cm³/mol. The first-order valence-electron chi connectivity index (χ1n) is 4.31. The van der Waals surface area contributed by atoms with Crippen molar-refractivity contribution in [3.8, 4) is 5.75 Å². The summed E-state index contributed by atoms with van der Waals surface area (Å²) in [6.45, 7) is 0.618. The number of nitro groups is 1. The molecule has 0 saturated heterocycles. The number of anilines is 1. The van der Waals surface area contributed by atoms with Crippen molar-refractivity contribution in [3.05, 3.63) is 28.3 Å². The molecular weight excluding hydrogens is 200 g/mol. The van der Waals surface area contributed by atoms with Crippen LogP contribution < -0.4 is 10.5 Å². The SMILES string of the molecule is COCCOc1cc(N)ccc1[N+](=O)[O-]. The zero-order valence-corrected chi connectivity index (χ0v) is 8.30. The molecule has 1 rings (SSSR count). The number of ether oxygens (including phenoxy) is 2.